The number of aryl methyl sites for hydroxylation is 1. The summed E-state index contributed by atoms with van der Waals surface area (Å²) in [7, 11) is 1.51. The molecule has 5 nitrogen and oxygen atoms in total. The number of hydrogen-bond donors (Lipinski definition) is 1. The molecular weight excluding hydrogens is 424 g/mol. The van der Waals surface area contributed by atoms with Crippen molar-refractivity contribution in [3.05, 3.63) is 119 Å². The van der Waals surface area contributed by atoms with Gasteiger partial charge in [-0.15, -0.1) is 0 Å². The van der Waals surface area contributed by atoms with Gasteiger partial charge in [-0.25, -0.2) is 0 Å². The minimum absolute atomic E-state index is 0.132. The summed E-state index contributed by atoms with van der Waals surface area (Å²) in [5.74, 6) is 0.417. The number of nitrogens with one attached hydrogen (secondary N) is 1. The van der Waals surface area contributed by atoms with Crippen molar-refractivity contribution in [3.8, 4) is 17.6 Å². The zero-order valence-electron chi connectivity index (χ0n) is 18.8. The lowest BCUT2D eigenvalue weighted by molar-refractivity contribution is 0.0945. The fraction of sp³-hybridized carbons (Fsp3) is 0.103. The number of ether oxygens (including phenoxy) is 2. The normalized spacial score (nSPS) is 14.7. The van der Waals surface area contributed by atoms with Gasteiger partial charge >= 0.3 is 0 Å². The molecule has 5 heteroatoms. The van der Waals surface area contributed by atoms with Crippen LogP contribution in [0.4, 0.5) is 0 Å². The number of amides is 1. The summed E-state index contributed by atoms with van der Waals surface area (Å²) < 4.78 is 11.6. The average Bonchev–Trinajstić information content (AvgIpc) is 2.88. The van der Waals surface area contributed by atoms with Gasteiger partial charge in [0.05, 0.1) is 18.6 Å². The number of para-hydroxylation sites is 1. The van der Waals surface area contributed by atoms with Gasteiger partial charge in [0.25, 0.3) is 5.91 Å². The second kappa shape index (κ2) is 8.76. The second-order valence-corrected chi connectivity index (χ2v) is 8.16. The van der Waals surface area contributed by atoms with Crippen LogP contribution in [-0.2, 0) is 0 Å². The highest BCUT2D eigenvalue weighted by molar-refractivity contribution is 5.98. The van der Waals surface area contributed by atoms with Crippen molar-refractivity contribution >= 4 is 16.7 Å². The summed E-state index contributed by atoms with van der Waals surface area (Å²) in [5.41, 5.74) is 3.66. The maximum atomic E-state index is 13.2. The minimum Gasteiger partial charge on any atom is -0.496 e. The predicted molar refractivity (Wildman–Crippen MR) is 131 cm³/mol. The van der Waals surface area contributed by atoms with E-state index in [1.807, 2.05) is 67.6 Å². The second-order valence-electron chi connectivity index (χ2n) is 8.16. The minimum atomic E-state index is -0.411. The summed E-state index contributed by atoms with van der Waals surface area (Å²) in [6, 6.07) is 29.3. The van der Waals surface area contributed by atoms with E-state index in [1.165, 1.54) is 7.11 Å². The van der Waals surface area contributed by atoms with Gasteiger partial charge in [0.2, 0.25) is 5.88 Å². The molecule has 166 valence electrons. The quantitative estimate of drug-likeness (QED) is 0.427. The van der Waals surface area contributed by atoms with E-state index in [1.54, 1.807) is 24.3 Å². The molecule has 0 saturated carbocycles. The molecular formula is C29H22N2O3. The lowest BCUT2D eigenvalue weighted by Crippen LogP contribution is -2.31. The van der Waals surface area contributed by atoms with E-state index in [-0.39, 0.29) is 11.8 Å². The van der Waals surface area contributed by atoms with E-state index in [9.17, 15) is 10.1 Å². The Labute approximate surface area is 197 Å². The Hall–Kier alpha value is -4.56. The zero-order chi connectivity index (χ0) is 23.7. The highest BCUT2D eigenvalue weighted by Crippen LogP contribution is 2.45. The maximum Gasteiger partial charge on any atom is 0.261 e. The number of nitrogens with zero attached hydrogens (tertiary/aromatic N) is 1. The van der Waals surface area contributed by atoms with Gasteiger partial charge in [0.1, 0.15) is 23.1 Å². The predicted octanol–water partition coefficient (Wildman–Crippen LogP) is 5.85. The Bertz CT molecular complexity index is 1480. The fourth-order valence-electron chi connectivity index (χ4n) is 4.36. The molecule has 34 heavy (non-hydrogen) atoms. The van der Waals surface area contributed by atoms with Crippen molar-refractivity contribution in [1.29, 1.82) is 5.26 Å². The van der Waals surface area contributed by atoms with Gasteiger partial charge in [-0.1, -0.05) is 78.4 Å². The summed E-state index contributed by atoms with van der Waals surface area (Å²) >= 11 is 0. The monoisotopic (exact) mass is 446 g/mol. The van der Waals surface area contributed by atoms with Crippen molar-refractivity contribution in [2.45, 2.75) is 12.8 Å². The number of benzene rings is 4. The molecule has 0 aromatic heterocycles. The molecule has 1 N–H and O–H groups in total. The van der Waals surface area contributed by atoms with Gasteiger partial charge in [0, 0.05) is 10.9 Å². The zero-order valence-corrected chi connectivity index (χ0v) is 18.8. The average molecular weight is 447 g/mol. The fourth-order valence-corrected chi connectivity index (χ4v) is 4.36. The largest absolute Gasteiger partial charge is 0.496 e. The standard InChI is InChI=1S/C29H22N2O3/c1-18-11-13-20(14-12-18)26-23-16-15-19-7-3-4-8-21(19)27(23)34-29(24(26)17-30)31-28(32)22-9-5-6-10-25(22)33-2/h3-16,26H,1-2H3,(H,31,32). The Balaban J connectivity index is 1.67. The number of carbonyl (C=O) groups excluding carboxylic acids is 1. The van der Waals surface area contributed by atoms with Crippen molar-refractivity contribution < 1.29 is 14.3 Å². The van der Waals surface area contributed by atoms with Crippen LogP contribution in [0.25, 0.3) is 10.8 Å². The van der Waals surface area contributed by atoms with Crippen LogP contribution >= 0.6 is 0 Å². The van der Waals surface area contributed by atoms with Crippen LogP contribution < -0.4 is 14.8 Å². The van der Waals surface area contributed by atoms with Crippen LogP contribution in [0, 0.1) is 18.3 Å². The van der Waals surface area contributed by atoms with Gasteiger partial charge in [-0.2, -0.15) is 5.26 Å². The van der Waals surface area contributed by atoms with Gasteiger partial charge in [-0.05, 0) is 30.0 Å². The molecule has 1 aliphatic heterocycles. The number of hydrogen-bond acceptors (Lipinski definition) is 4. The van der Waals surface area contributed by atoms with E-state index < -0.39 is 5.91 Å². The lowest BCUT2D eigenvalue weighted by Gasteiger charge is -2.29. The van der Waals surface area contributed by atoms with Crippen LogP contribution in [0.5, 0.6) is 11.5 Å². The molecule has 4 aromatic carbocycles. The van der Waals surface area contributed by atoms with Crippen molar-refractivity contribution in [2.24, 2.45) is 0 Å². The summed E-state index contributed by atoms with van der Waals surface area (Å²) in [4.78, 5) is 13.2. The number of nitriles is 1. The number of rotatable bonds is 4. The third-order valence-corrected chi connectivity index (χ3v) is 6.07. The number of allylic oxidation sites excluding steroid dienone is 1. The lowest BCUT2D eigenvalue weighted by atomic mass is 9.82. The Morgan fingerprint density at radius 1 is 0.971 bits per heavy atom. The highest BCUT2D eigenvalue weighted by atomic mass is 16.5. The summed E-state index contributed by atoms with van der Waals surface area (Å²) in [6.45, 7) is 2.02. The van der Waals surface area contributed by atoms with Crippen molar-refractivity contribution in [2.75, 3.05) is 7.11 Å². The topological polar surface area (TPSA) is 71.3 Å². The number of methoxy groups -OCH3 is 1. The third kappa shape index (κ3) is 3.66. The first-order valence-electron chi connectivity index (χ1n) is 11.0. The van der Waals surface area contributed by atoms with E-state index >= 15 is 0 Å². The third-order valence-electron chi connectivity index (χ3n) is 6.07. The van der Waals surface area contributed by atoms with E-state index in [0.717, 1.165) is 27.5 Å². The Morgan fingerprint density at radius 3 is 2.47 bits per heavy atom. The van der Waals surface area contributed by atoms with Crippen LogP contribution in [0.2, 0.25) is 0 Å². The molecule has 0 saturated heterocycles. The molecule has 5 rings (SSSR count). The molecule has 1 atom stereocenters. The van der Waals surface area contributed by atoms with E-state index in [2.05, 4.69) is 11.4 Å². The molecule has 1 aliphatic rings. The van der Waals surface area contributed by atoms with Gasteiger partial charge in [-0.3, -0.25) is 10.1 Å². The number of carbonyl (C=O) groups is 1. The van der Waals surface area contributed by atoms with Crippen LogP contribution in [0.15, 0.2) is 96.4 Å². The van der Waals surface area contributed by atoms with E-state index in [0.29, 0.717) is 22.6 Å². The Kier molecular flexibility index (Phi) is 5.49. The van der Waals surface area contributed by atoms with Crippen LogP contribution in [0.1, 0.15) is 33.0 Å². The van der Waals surface area contributed by atoms with Crippen molar-refractivity contribution in [3.63, 3.8) is 0 Å². The Morgan fingerprint density at radius 2 is 1.71 bits per heavy atom. The molecule has 0 fully saturated rings. The van der Waals surface area contributed by atoms with Crippen LogP contribution in [0.3, 0.4) is 0 Å². The van der Waals surface area contributed by atoms with Gasteiger partial charge < -0.3 is 9.47 Å². The molecule has 0 bridgehead atoms. The number of fused-ring (bicyclic) bond motifs is 3. The highest BCUT2D eigenvalue weighted by Gasteiger charge is 2.33. The first-order chi connectivity index (χ1) is 16.6. The van der Waals surface area contributed by atoms with E-state index in [4.69, 9.17) is 9.47 Å². The SMILES string of the molecule is COc1ccccc1C(=O)NC1=C(C#N)C(c2ccc(C)cc2)c2ccc3ccccc3c2O1. The molecule has 0 aliphatic carbocycles. The summed E-state index contributed by atoms with van der Waals surface area (Å²) in [5, 5.41) is 15.0. The first-order valence-corrected chi connectivity index (χ1v) is 11.0. The van der Waals surface area contributed by atoms with Crippen molar-refractivity contribution in [1.82, 2.24) is 5.32 Å². The summed E-state index contributed by atoms with van der Waals surface area (Å²) in [6.07, 6.45) is 0. The van der Waals surface area contributed by atoms with Gasteiger partial charge in [0.15, 0.2) is 0 Å². The molecule has 0 radical (unpaired) electrons. The molecule has 1 unspecified atom stereocenters. The molecule has 1 amide bonds. The smallest absolute Gasteiger partial charge is 0.261 e. The first kappa shape index (κ1) is 21.3. The molecule has 0 spiro atoms. The van der Waals surface area contributed by atoms with Crippen LogP contribution in [-0.4, -0.2) is 13.0 Å². The molecule has 1 heterocycles. The maximum absolute atomic E-state index is 13.2. The molecule has 4 aromatic rings.